The van der Waals surface area contributed by atoms with Crippen LogP contribution in [0.15, 0.2) is 12.1 Å². The molecule has 1 aromatic rings. The van der Waals surface area contributed by atoms with Crippen molar-refractivity contribution in [3.05, 3.63) is 34.9 Å². The van der Waals surface area contributed by atoms with Crippen molar-refractivity contribution >= 4 is 17.5 Å². The van der Waals surface area contributed by atoms with Gasteiger partial charge in [0.25, 0.3) is 5.91 Å². The van der Waals surface area contributed by atoms with E-state index in [-0.39, 0.29) is 23.0 Å². The first-order valence-corrected chi connectivity index (χ1v) is 6.87. The lowest BCUT2D eigenvalue weighted by Crippen LogP contribution is -2.40. The van der Waals surface area contributed by atoms with Crippen molar-refractivity contribution in [2.75, 3.05) is 19.0 Å². The maximum Gasteiger partial charge on any atom is 0.256 e. The maximum atomic E-state index is 13.7. The van der Waals surface area contributed by atoms with Gasteiger partial charge in [0.2, 0.25) is 0 Å². The lowest BCUT2D eigenvalue weighted by molar-refractivity contribution is 0.0680. The fourth-order valence-corrected chi connectivity index (χ4v) is 2.62. The van der Waals surface area contributed by atoms with E-state index in [9.17, 15) is 13.6 Å². The van der Waals surface area contributed by atoms with Crippen molar-refractivity contribution in [1.82, 2.24) is 4.90 Å². The van der Waals surface area contributed by atoms with Gasteiger partial charge < -0.3 is 4.90 Å². The summed E-state index contributed by atoms with van der Waals surface area (Å²) in [5.41, 5.74) is 0.213. The van der Waals surface area contributed by atoms with Crippen LogP contribution in [0.3, 0.4) is 0 Å². The van der Waals surface area contributed by atoms with Gasteiger partial charge in [-0.1, -0.05) is 0 Å². The van der Waals surface area contributed by atoms with E-state index in [2.05, 4.69) is 0 Å². The summed E-state index contributed by atoms with van der Waals surface area (Å²) in [6.45, 7) is 2.66. The number of carbonyl (C=O) groups is 1. The molecule has 0 N–H and O–H groups in total. The van der Waals surface area contributed by atoms with Crippen LogP contribution in [0.2, 0.25) is 0 Å². The Morgan fingerprint density at radius 3 is 2.84 bits per heavy atom. The molecule has 0 bridgehead atoms. The molecule has 0 aromatic heterocycles. The molecule has 1 saturated heterocycles. The Morgan fingerprint density at radius 2 is 2.16 bits per heavy atom. The molecule has 1 aromatic carbocycles. The number of nitrogens with zero attached hydrogens (tertiary/aromatic N) is 1. The lowest BCUT2D eigenvalue weighted by Gasteiger charge is -2.32. The molecule has 1 unspecified atom stereocenters. The summed E-state index contributed by atoms with van der Waals surface area (Å²) < 4.78 is 26.9. The quantitative estimate of drug-likeness (QED) is 0.764. The van der Waals surface area contributed by atoms with E-state index in [4.69, 9.17) is 11.6 Å². The fraction of sp³-hybridized carbons (Fsp3) is 0.500. The van der Waals surface area contributed by atoms with Gasteiger partial charge in [0.15, 0.2) is 0 Å². The molecule has 104 valence electrons. The highest BCUT2D eigenvalue weighted by molar-refractivity contribution is 6.18. The van der Waals surface area contributed by atoms with Crippen LogP contribution in [-0.2, 0) is 0 Å². The van der Waals surface area contributed by atoms with E-state index in [1.807, 2.05) is 0 Å². The predicted octanol–water partition coefficient (Wildman–Crippen LogP) is 3.36. The van der Waals surface area contributed by atoms with Crippen LogP contribution in [0.1, 0.15) is 28.8 Å². The summed E-state index contributed by atoms with van der Waals surface area (Å²) in [5.74, 6) is -1.07. The normalized spacial score (nSPS) is 19.6. The standard InChI is InChI=1S/C14H16ClF2NO/c1-9-5-11(13(17)6-12(9)16)14(19)18-4-2-3-10(7-15)8-18/h5-6,10H,2-4,7-8H2,1H3. The first kappa shape index (κ1) is 14.3. The van der Waals surface area contributed by atoms with Gasteiger partial charge in [-0.2, -0.15) is 0 Å². The molecule has 1 fully saturated rings. The van der Waals surface area contributed by atoms with Gasteiger partial charge in [0, 0.05) is 25.0 Å². The van der Waals surface area contributed by atoms with Crippen LogP contribution < -0.4 is 0 Å². The fourth-order valence-electron chi connectivity index (χ4n) is 2.37. The van der Waals surface area contributed by atoms with Crippen molar-refractivity contribution in [2.24, 2.45) is 5.92 Å². The molecule has 2 rings (SSSR count). The monoisotopic (exact) mass is 287 g/mol. The number of amides is 1. The van der Waals surface area contributed by atoms with E-state index in [1.54, 1.807) is 4.90 Å². The molecule has 0 aliphatic carbocycles. The van der Waals surface area contributed by atoms with E-state index < -0.39 is 11.6 Å². The average molecular weight is 288 g/mol. The number of carbonyl (C=O) groups excluding carboxylic acids is 1. The van der Waals surface area contributed by atoms with Crippen LogP contribution in [0.25, 0.3) is 0 Å². The Hall–Kier alpha value is -1.16. The molecule has 1 heterocycles. The summed E-state index contributed by atoms with van der Waals surface area (Å²) >= 11 is 5.81. The molecule has 0 radical (unpaired) electrons. The Morgan fingerprint density at radius 1 is 1.42 bits per heavy atom. The second kappa shape index (κ2) is 5.87. The zero-order valence-corrected chi connectivity index (χ0v) is 11.5. The van der Waals surface area contributed by atoms with Gasteiger partial charge in [-0.3, -0.25) is 4.79 Å². The molecule has 5 heteroatoms. The predicted molar refractivity (Wildman–Crippen MR) is 70.4 cm³/mol. The largest absolute Gasteiger partial charge is 0.338 e. The molecule has 1 aliphatic rings. The number of aryl methyl sites for hydroxylation is 1. The van der Waals surface area contributed by atoms with Crippen LogP contribution in [0.4, 0.5) is 8.78 Å². The summed E-state index contributed by atoms with van der Waals surface area (Å²) in [5, 5.41) is 0. The number of hydrogen-bond acceptors (Lipinski definition) is 1. The molecule has 1 aliphatic heterocycles. The topological polar surface area (TPSA) is 20.3 Å². The third kappa shape index (κ3) is 3.06. The van der Waals surface area contributed by atoms with Crippen molar-refractivity contribution in [3.8, 4) is 0 Å². The smallest absolute Gasteiger partial charge is 0.256 e. The zero-order chi connectivity index (χ0) is 14.0. The lowest BCUT2D eigenvalue weighted by atomic mass is 9.99. The van der Waals surface area contributed by atoms with Crippen molar-refractivity contribution < 1.29 is 13.6 Å². The number of piperidine rings is 1. The maximum absolute atomic E-state index is 13.7. The minimum absolute atomic E-state index is 0.0610. The second-order valence-electron chi connectivity index (χ2n) is 4.99. The van der Waals surface area contributed by atoms with Crippen molar-refractivity contribution in [3.63, 3.8) is 0 Å². The Bertz CT molecular complexity index is 493. The Kier molecular flexibility index (Phi) is 4.40. The molecule has 0 spiro atoms. The summed E-state index contributed by atoms with van der Waals surface area (Å²) in [4.78, 5) is 13.9. The Balaban J connectivity index is 2.22. The van der Waals surface area contributed by atoms with Crippen LogP contribution in [0, 0.1) is 24.5 Å². The summed E-state index contributed by atoms with van der Waals surface area (Å²) in [7, 11) is 0. The van der Waals surface area contributed by atoms with Gasteiger partial charge in [-0.15, -0.1) is 11.6 Å². The van der Waals surface area contributed by atoms with Crippen LogP contribution in [-0.4, -0.2) is 29.8 Å². The molecule has 1 atom stereocenters. The van der Waals surface area contributed by atoms with E-state index in [0.717, 1.165) is 18.9 Å². The van der Waals surface area contributed by atoms with Crippen molar-refractivity contribution in [1.29, 1.82) is 0 Å². The summed E-state index contributed by atoms with van der Waals surface area (Å²) in [6, 6.07) is 2.04. The SMILES string of the molecule is Cc1cc(C(=O)N2CCCC(CCl)C2)c(F)cc1F. The molecule has 2 nitrogen and oxygen atoms in total. The highest BCUT2D eigenvalue weighted by atomic mass is 35.5. The van der Waals surface area contributed by atoms with E-state index >= 15 is 0 Å². The third-order valence-electron chi connectivity index (χ3n) is 3.50. The highest BCUT2D eigenvalue weighted by Crippen LogP contribution is 2.22. The van der Waals surface area contributed by atoms with E-state index in [1.165, 1.54) is 13.0 Å². The molecule has 1 amide bonds. The minimum Gasteiger partial charge on any atom is -0.338 e. The molecular weight excluding hydrogens is 272 g/mol. The zero-order valence-electron chi connectivity index (χ0n) is 10.8. The van der Waals surface area contributed by atoms with Gasteiger partial charge in [-0.25, -0.2) is 8.78 Å². The second-order valence-corrected chi connectivity index (χ2v) is 5.30. The first-order chi connectivity index (χ1) is 9.02. The van der Waals surface area contributed by atoms with Crippen molar-refractivity contribution in [2.45, 2.75) is 19.8 Å². The van der Waals surface area contributed by atoms with Gasteiger partial charge in [-0.05, 0) is 37.3 Å². The average Bonchev–Trinajstić information content (AvgIpc) is 2.42. The number of alkyl halides is 1. The highest BCUT2D eigenvalue weighted by Gasteiger charge is 2.26. The van der Waals surface area contributed by atoms with E-state index in [0.29, 0.717) is 19.0 Å². The molecule has 19 heavy (non-hydrogen) atoms. The van der Waals surface area contributed by atoms with Gasteiger partial charge >= 0.3 is 0 Å². The number of hydrogen-bond donors (Lipinski definition) is 0. The number of benzene rings is 1. The van der Waals surface area contributed by atoms with Crippen LogP contribution >= 0.6 is 11.6 Å². The Labute approximate surface area is 116 Å². The number of rotatable bonds is 2. The van der Waals surface area contributed by atoms with Crippen LogP contribution in [0.5, 0.6) is 0 Å². The third-order valence-corrected chi connectivity index (χ3v) is 3.94. The number of halogens is 3. The first-order valence-electron chi connectivity index (χ1n) is 6.33. The van der Waals surface area contributed by atoms with Gasteiger partial charge in [0.1, 0.15) is 11.6 Å². The van der Waals surface area contributed by atoms with Gasteiger partial charge in [0.05, 0.1) is 5.56 Å². The minimum atomic E-state index is -0.805. The molecule has 0 saturated carbocycles. The summed E-state index contributed by atoms with van der Waals surface area (Å²) in [6.07, 6.45) is 1.85. The number of likely N-dealkylation sites (tertiary alicyclic amines) is 1. The molecular formula is C14H16ClF2NO.